The van der Waals surface area contributed by atoms with Crippen LogP contribution in [-0.4, -0.2) is 36.0 Å². The third kappa shape index (κ3) is 5.22. The van der Waals surface area contributed by atoms with Crippen LogP contribution in [0.15, 0.2) is 17.3 Å². The summed E-state index contributed by atoms with van der Waals surface area (Å²) < 4.78 is 36.5. The normalized spacial score (nSPS) is 10.4. The first-order valence-corrected chi connectivity index (χ1v) is 5.82. The van der Waals surface area contributed by atoms with Gasteiger partial charge in [-0.05, 0) is 6.07 Å². The van der Waals surface area contributed by atoms with Crippen molar-refractivity contribution in [1.29, 1.82) is 0 Å². The molecule has 19 heavy (non-hydrogen) atoms. The van der Waals surface area contributed by atoms with Gasteiger partial charge in [0.1, 0.15) is 21.3 Å². The number of nitro groups is 1. The molecule has 0 aromatic carbocycles. The molecule has 1 aromatic rings. The van der Waals surface area contributed by atoms with E-state index in [-0.39, 0.29) is 56.9 Å². The van der Waals surface area contributed by atoms with Gasteiger partial charge in [-0.2, -0.15) is 0 Å². The summed E-state index contributed by atoms with van der Waals surface area (Å²) in [7, 11) is -3.78. The van der Waals surface area contributed by atoms with Crippen LogP contribution in [0.2, 0.25) is 0 Å². The Kier molecular flexibility index (Phi) is 7.21. The Balaban J connectivity index is 0.00000324. The zero-order chi connectivity index (χ0) is 13.9. The molecule has 0 saturated carbocycles. The Labute approximate surface area is 150 Å². The SMILES string of the molecule is COC(=O)Cc1cc(S(=O)(=O)[O-])ncc1[N+](=O)[O-].[K+]. The molecular weight excluding hydrogens is 307 g/mol. The molecule has 0 aliphatic heterocycles. The van der Waals surface area contributed by atoms with Gasteiger partial charge in [0.15, 0.2) is 0 Å². The molecule has 0 saturated heterocycles. The fraction of sp³-hybridized carbons (Fsp3) is 0.250. The number of carbonyl (C=O) groups is 1. The summed E-state index contributed by atoms with van der Waals surface area (Å²) in [6.07, 6.45) is 0.0842. The molecule has 0 bridgehead atoms. The Hall–Kier alpha value is -0.434. The molecule has 98 valence electrons. The van der Waals surface area contributed by atoms with Gasteiger partial charge < -0.3 is 9.29 Å². The second-order valence-electron chi connectivity index (χ2n) is 3.12. The number of ether oxygens (including phenoxy) is 1. The maximum Gasteiger partial charge on any atom is 1.00 e. The summed E-state index contributed by atoms with van der Waals surface area (Å²) in [5.41, 5.74) is -0.816. The summed E-state index contributed by atoms with van der Waals surface area (Å²) in [6, 6.07) is 0.692. The van der Waals surface area contributed by atoms with Crippen molar-refractivity contribution in [3.63, 3.8) is 0 Å². The van der Waals surface area contributed by atoms with Crippen molar-refractivity contribution in [2.24, 2.45) is 0 Å². The predicted molar refractivity (Wildman–Crippen MR) is 54.6 cm³/mol. The number of nitrogens with zero attached hydrogens (tertiary/aromatic N) is 2. The van der Waals surface area contributed by atoms with Crippen LogP contribution in [-0.2, 0) is 26.1 Å². The topological polar surface area (TPSA) is 140 Å². The van der Waals surface area contributed by atoms with Gasteiger partial charge in [0.05, 0.1) is 18.5 Å². The second-order valence-corrected chi connectivity index (χ2v) is 4.44. The molecule has 0 unspecified atom stereocenters. The molecule has 1 rings (SSSR count). The van der Waals surface area contributed by atoms with Gasteiger partial charge >= 0.3 is 57.4 Å². The standard InChI is InChI=1S/C8H8N2O7S.K/c1-17-8(11)3-5-2-7(18(14,15)16)9-4-6(5)10(12)13;/h2,4H,3H2,1H3,(H,14,15,16);/q;+1/p-1. The largest absolute Gasteiger partial charge is 1.00 e. The van der Waals surface area contributed by atoms with Gasteiger partial charge in [0.25, 0.3) is 5.69 Å². The van der Waals surface area contributed by atoms with Crippen molar-refractivity contribution in [2.75, 3.05) is 7.11 Å². The van der Waals surface area contributed by atoms with Gasteiger partial charge in [-0.1, -0.05) is 0 Å². The van der Waals surface area contributed by atoms with Crippen molar-refractivity contribution in [3.05, 3.63) is 27.9 Å². The van der Waals surface area contributed by atoms with Crippen LogP contribution in [0.5, 0.6) is 0 Å². The number of aromatic nitrogens is 1. The molecule has 0 fully saturated rings. The summed E-state index contributed by atoms with van der Waals surface area (Å²) >= 11 is 0. The fourth-order valence-electron chi connectivity index (χ4n) is 1.14. The van der Waals surface area contributed by atoms with Gasteiger partial charge in [-0.3, -0.25) is 14.9 Å². The third-order valence-corrected chi connectivity index (χ3v) is 2.69. The molecular formula is C8H7KN2O7S. The predicted octanol–water partition coefficient (Wildman–Crippen LogP) is -3.39. The van der Waals surface area contributed by atoms with Crippen LogP contribution < -0.4 is 51.4 Å². The Morgan fingerprint density at radius 1 is 1.53 bits per heavy atom. The van der Waals surface area contributed by atoms with E-state index < -0.39 is 38.1 Å². The van der Waals surface area contributed by atoms with Crippen LogP contribution >= 0.6 is 0 Å². The van der Waals surface area contributed by atoms with Crippen molar-refractivity contribution in [1.82, 2.24) is 4.98 Å². The van der Waals surface area contributed by atoms with Gasteiger partial charge in [-0.25, -0.2) is 13.4 Å². The maximum absolute atomic E-state index is 11.0. The van der Waals surface area contributed by atoms with E-state index in [1.165, 1.54) is 0 Å². The Bertz CT molecular complexity index is 601. The summed E-state index contributed by atoms with van der Waals surface area (Å²) in [4.78, 5) is 24.0. The molecule has 0 atom stereocenters. The number of methoxy groups -OCH3 is 1. The molecule has 0 aliphatic carbocycles. The monoisotopic (exact) mass is 314 g/mol. The second kappa shape index (κ2) is 7.38. The van der Waals surface area contributed by atoms with E-state index in [4.69, 9.17) is 0 Å². The van der Waals surface area contributed by atoms with Crippen molar-refractivity contribution in [3.8, 4) is 0 Å². The van der Waals surface area contributed by atoms with E-state index in [1.54, 1.807) is 0 Å². The molecule has 1 aromatic heterocycles. The quantitative estimate of drug-likeness (QED) is 0.184. The molecule has 1 heterocycles. The first kappa shape index (κ1) is 18.6. The van der Waals surface area contributed by atoms with Crippen molar-refractivity contribution in [2.45, 2.75) is 11.4 Å². The van der Waals surface area contributed by atoms with Crippen LogP contribution in [0, 0.1) is 10.1 Å². The zero-order valence-corrected chi connectivity index (χ0v) is 14.0. The van der Waals surface area contributed by atoms with Crippen molar-refractivity contribution < 1.29 is 78.8 Å². The molecule has 11 heteroatoms. The molecule has 0 radical (unpaired) electrons. The minimum Gasteiger partial charge on any atom is -0.743 e. The van der Waals surface area contributed by atoms with Crippen LogP contribution in [0.3, 0.4) is 0 Å². The van der Waals surface area contributed by atoms with E-state index in [2.05, 4.69) is 9.72 Å². The Morgan fingerprint density at radius 2 is 2.11 bits per heavy atom. The van der Waals surface area contributed by atoms with E-state index in [0.29, 0.717) is 12.3 Å². The molecule has 0 N–H and O–H groups in total. The molecule has 0 spiro atoms. The van der Waals surface area contributed by atoms with Crippen molar-refractivity contribution >= 4 is 21.8 Å². The minimum absolute atomic E-state index is 0. The van der Waals surface area contributed by atoms with Gasteiger partial charge in [0.2, 0.25) is 0 Å². The maximum atomic E-state index is 11.0. The average molecular weight is 314 g/mol. The summed E-state index contributed by atoms with van der Waals surface area (Å²) in [5.74, 6) is -0.807. The van der Waals surface area contributed by atoms with E-state index >= 15 is 0 Å². The zero-order valence-electron chi connectivity index (χ0n) is 10.0. The summed E-state index contributed by atoms with van der Waals surface area (Å²) in [6.45, 7) is 0. The van der Waals surface area contributed by atoms with E-state index in [1.807, 2.05) is 0 Å². The number of pyridine rings is 1. The smallest absolute Gasteiger partial charge is 0.743 e. The molecule has 9 nitrogen and oxygen atoms in total. The first-order chi connectivity index (χ1) is 8.25. The van der Waals surface area contributed by atoms with Crippen LogP contribution in [0.25, 0.3) is 0 Å². The third-order valence-electron chi connectivity index (χ3n) is 1.96. The number of hydrogen-bond acceptors (Lipinski definition) is 8. The minimum atomic E-state index is -4.85. The van der Waals surface area contributed by atoms with Crippen LogP contribution in [0.4, 0.5) is 5.69 Å². The number of rotatable bonds is 4. The molecule has 0 aliphatic rings. The van der Waals surface area contributed by atoms with Gasteiger partial charge in [-0.15, -0.1) is 0 Å². The average Bonchev–Trinajstić information content (AvgIpc) is 2.27. The van der Waals surface area contributed by atoms with Crippen LogP contribution in [0.1, 0.15) is 5.56 Å². The number of hydrogen-bond donors (Lipinski definition) is 0. The first-order valence-electron chi connectivity index (χ1n) is 4.41. The number of esters is 1. The van der Waals surface area contributed by atoms with E-state index in [9.17, 15) is 27.9 Å². The number of carbonyl (C=O) groups excluding carboxylic acids is 1. The summed E-state index contributed by atoms with van der Waals surface area (Å²) in [5, 5.41) is 9.76. The van der Waals surface area contributed by atoms with Gasteiger partial charge in [0, 0.05) is 5.56 Å². The molecule has 0 amide bonds. The fourth-order valence-corrected chi connectivity index (χ4v) is 1.61. The van der Waals surface area contributed by atoms with E-state index in [0.717, 1.165) is 7.11 Å². The Morgan fingerprint density at radius 3 is 2.53 bits per heavy atom.